The average Bonchev–Trinajstić information content (AvgIpc) is 3.26. The maximum atomic E-state index is 13.4. The molecule has 5 nitrogen and oxygen atoms in total. The molecule has 0 aliphatic heterocycles. The Hall–Kier alpha value is -3.67. The first kappa shape index (κ1) is 25.0. The van der Waals surface area contributed by atoms with Crippen molar-refractivity contribution in [2.45, 2.75) is 58.7 Å². The van der Waals surface area contributed by atoms with Crippen molar-refractivity contribution in [1.29, 1.82) is 0 Å². The van der Waals surface area contributed by atoms with Crippen LogP contribution in [0.25, 0.3) is 11.0 Å². The highest BCUT2D eigenvalue weighted by Gasteiger charge is 2.19. The second kappa shape index (κ2) is 11.6. The molecule has 0 atom stereocenters. The van der Waals surface area contributed by atoms with Crippen molar-refractivity contribution < 1.29 is 13.9 Å². The third-order valence-corrected chi connectivity index (χ3v) is 7.27. The molecule has 4 aromatic rings. The summed E-state index contributed by atoms with van der Waals surface area (Å²) in [6.07, 6.45) is 8.92. The quantitative estimate of drug-likeness (QED) is 0.262. The number of ether oxygens (including phenoxy) is 1. The van der Waals surface area contributed by atoms with E-state index in [4.69, 9.17) is 9.72 Å². The zero-order valence-electron chi connectivity index (χ0n) is 21.4. The fraction of sp³-hybridized carbons (Fsp3) is 0.355. The van der Waals surface area contributed by atoms with E-state index in [-0.39, 0.29) is 5.91 Å². The lowest BCUT2D eigenvalue weighted by Crippen LogP contribution is -2.16. The molecule has 1 N–H and O–H groups in total. The molecule has 1 aliphatic carbocycles. The second-order valence-electron chi connectivity index (χ2n) is 9.89. The number of hydrogen-bond donors (Lipinski definition) is 1. The predicted molar refractivity (Wildman–Crippen MR) is 146 cm³/mol. The molecule has 1 fully saturated rings. The van der Waals surface area contributed by atoms with Crippen LogP contribution in [0.5, 0.6) is 5.75 Å². The van der Waals surface area contributed by atoms with Gasteiger partial charge in [0.2, 0.25) is 0 Å². The topological polar surface area (TPSA) is 56.1 Å². The lowest BCUT2D eigenvalue weighted by atomic mass is 9.89. The number of hydrogen-bond acceptors (Lipinski definition) is 3. The van der Waals surface area contributed by atoms with Crippen LogP contribution in [0.3, 0.4) is 0 Å². The van der Waals surface area contributed by atoms with E-state index >= 15 is 0 Å². The van der Waals surface area contributed by atoms with Crippen molar-refractivity contribution in [3.8, 4) is 5.75 Å². The largest absolute Gasteiger partial charge is 0.494 e. The summed E-state index contributed by atoms with van der Waals surface area (Å²) in [5, 5.41) is 3.91. The highest BCUT2D eigenvalue weighted by molar-refractivity contribution is 6.05. The number of fused-ring (bicyclic) bond motifs is 1. The molecule has 0 bridgehead atoms. The van der Waals surface area contributed by atoms with Crippen LogP contribution in [0.4, 0.5) is 10.1 Å². The number of amides is 1. The van der Waals surface area contributed by atoms with Gasteiger partial charge in [-0.15, -0.1) is 0 Å². The zero-order valence-corrected chi connectivity index (χ0v) is 21.4. The Labute approximate surface area is 217 Å². The minimum Gasteiger partial charge on any atom is -0.494 e. The molecule has 0 spiro atoms. The van der Waals surface area contributed by atoms with Gasteiger partial charge in [-0.25, -0.2) is 9.37 Å². The van der Waals surface area contributed by atoms with Gasteiger partial charge in [-0.1, -0.05) is 49.6 Å². The maximum absolute atomic E-state index is 13.4. The van der Waals surface area contributed by atoms with Gasteiger partial charge in [-0.05, 0) is 67.1 Å². The van der Waals surface area contributed by atoms with E-state index in [0.29, 0.717) is 29.3 Å². The number of anilines is 1. The van der Waals surface area contributed by atoms with Crippen LogP contribution in [0, 0.1) is 5.92 Å². The first-order chi connectivity index (χ1) is 18.1. The Kier molecular flexibility index (Phi) is 7.83. The Bertz CT molecular complexity index is 1360. The van der Waals surface area contributed by atoms with E-state index in [1.54, 1.807) is 30.5 Å². The van der Waals surface area contributed by atoms with Gasteiger partial charge in [-0.2, -0.15) is 0 Å². The Morgan fingerprint density at radius 3 is 2.62 bits per heavy atom. The van der Waals surface area contributed by atoms with E-state index in [2.05, 4.69) is 28.1 Å². The lowest BCUT2D eigenvalue weighted by Gasteiger charge is -2.23. The number of carbonyl (C=O) groups excluding carboxylic acids is 1. The lowest BCUT2D eigenvalue weighted by molar-refractivity contribution is 0.102. The number of aromatic nitrogens is 2. The minimum atomic E-state index is -0.681. The standard InChI is InChI=1S/C31H34FN3O2/c1-2-37-28-14-12-22(13-15-28)16-27-18-25-17-26(34-31(36)29-11-7-6-10-24(29)19-32)20-33-30(25)35(27)21-23-8-4-3-5-9-23/h6-7,10-15,17-18,20,23H,2-5,8-9,16,19,21H2,1H3,(H,34,36). The van der Waals surface area contributed by atoms with Crippen molar-refractivity contribution in [3.05, 3.63) is 89.2 Å². The summed E-state index contributed by atoms with van der Waals surface area (Å²) >= 11 is 0. The molecule has 0 radical (unpaired) electrons. The van der Waals surface area contributed by atoms with Crippen molar-refractivity contribution in [3.63, 3.8) is 0 Å². The summed E-state index contributed by atoms with van der Waals surface area (Å²) in [7, 11) is 0. The van der Waals surface area contributed by atoms with E-state index in [1.165, 1.54) is 43.4 Å². The van der Waals surface area contributed by atoms with Gasteiger partial charge in [0.15, 0.2) is 0 Å². The third kappa shape index (κ3) is 5.85. The summed E-state index contributed by atoms with van der Waals surface area (Å²) in [6, 6.07) is 19.2. The van der Waals surface area contributed by atoms with E-state index in [1.807, 2.05) is 25.1 Å². The number of nitrogens with one attached hydrogen (secondary N) is 1. The molecular formula is C31H34FN3O2. The fourth-order valence-electron chi connectivity index (χ4n) is 5.38. The molecule has 1 amide bonds. The van der Waals surface area contributed by atoms with Crippen molar-refractivity contribution in [1.82, 2.24) is 9.55 Å². The van der Waals surface area contributed by atoms with Gasteiger partial charge in [0, 0.05) is 29.6 Å². The number of rotatable bonds is 9. The second-order valence-corrected chi connectivity index (χ2v) is 9.89. The number of benzene rings is 2. The zero-order chi connectivity index (χ0) is 25.6. The molecule has 2 aromatic heterocycles. The van der Waals surface area contributed by atoms with Gasteiger partial charge >= 0.3 is 0 Å². The highest BCUT2D eigenvalue weighted by Crippen LogP contribution is 2.30. The van der Waals surface area contributed by atoms with E-state index < -0.39 is 6.67 Å². The van der Waals surface area contributed by atoms with Crippen LogP contribution < -0.4 is 10.1 Å². The molecule has 0 unspecified atom stereocenters. The van der Waals surface area contributed by atoms with Gasteiger partial charge < -0.3 is 14.6 Å². The SMILES string of the molecule is CCOc1ccc(Cc2cc3cc(NC(=O)c4ccccc4CF)cnc3n2CC2CCCCC2)cc1. The molecule has 192 valence electrons. The summed E-state index contributed by atoms with van der Waals surface area (Å²) in [4.78, 5) is 17.6. The van der Waals surface area contributed by atoms with E-state index in [0.717, 1.165) is 29.7 Å². The molecule has 2 heterocycles. The first-order valence-corrected chi connectivity index (χ1v) is 13.3. The van der Waals surface area contributed by atoms with Crippen molar-refractivity contribution in [2.75, 3.05) is 11.9 Å². The van der Waals surface area contributed by atoms with Crippen molar-refractivity contribution >= 4 is 22.6 Å². The third-order valence-electron chi connectivity index (χ3n) is 7.27. The van der Waals surface area contributed by atoms with Crippen LogP contribution in [0.1, 0.15) is 66.2 Å². The molecule has 6 heteroatoms. The Morgan fingerprint density at radius 2 is 1.86 bits per heavy atom. The smallest absolute Gasteiger partial charge is 0.256 e. The van der Waals surface area contributed by atoms with E-state index in [9.17, 15) is 9.18 Å². The van der Waals surface area contributed by atoms with Crippen LogP contribution in [-0.2, 0) is 19.6 Å². The Balaban J connectivity index is 1.44. The van der Waals surface area contributed by atoms with Crippen LogP contribution in [-0.4, -0.2) is 22.1 Å². The number of alkyl halides is 1. The molecule has 1 saturated carbocycles. The Morgan fingerprint density at radius 1 is 1.08 bits per heavy atom. The number of pyridine rings is 1. The number of halogens is 1. The highest BCUT2D eigenvalue weighted by atomic mass is 19.1. The molecular weight excluding hydrogens is 465 g/mol. The molecule has 0 saturated heterocycles. The van der Waals surface area contributed by atoms with Crippen LogP contribution in [0.15, 0.2) is 66.9 Å². The van der Waals surface area contributed by atoms with Gasteiger partial charge in [0.25, 0.3) is 5.91 Å². The molecule has 1 aliphatic rings. The van der Waals surface area contributed by atoms with Gasteiger partial charge in [-0.3, -0.25) is 4.79 Å². The maximum Gasteiger partial charge on any atom is 0.256 e. The summed E-state index contributed by atoms with van der Waals surface area (Å²) in [5.74, 6) is 1.21. The monoisotopic (exact) mass is 499 g/mol. The van der Waals surface area contributed by atoms with Crippen LogP contribution >= 0.6 is 0 Å². The molecule has 5 rings (SSSR count). The van der Waals surface area contributed by atoms with Gasteiger partial charge in [0.05, 0.1) is 18.5 Å². The molecule has 2 aromatic carbocycles. The normalized spacial score (nSPS) is 14.1. The van der Waals surface area contributed by atoms with Gasteiger partial charge in [0.1, 0.15) is 18.1 Å². The predicted octanol–water partition coefficient (Wildman–Crippen LogP) is 7.33. The first-order valence-electron chi connectivity index (χ1n) is 13.3. The summed E-state index contributed by atoms with van der Waals surface area (Å²) < 4.78 is 21.3. The summed E-state index contributed by atoms with van der Waals surface area (Å²) in [6.45, 7) is 2.91. The molecule has 37 heavy (non-hydrogen) atoms. The van der Waals surface area contributed by atoms with Crippen molar-refractivity contribution in [2.24, 2.45) is 5.92 Å². The number of nitrogens with zero attached hydrogens (tertiary/aromatic N) is 2. The number of carbonyl (C=O) groups is 1. The summed E-state index contributed by atoms with van der Waals surface area (Å²) in [5.41, 5.74) is 4.69. The minimum absolute atomic E-state index is 0.328. The fourth-order valence-corrected chi connectivity index (χ4v) is 5.38. The average molecular weight is 500 g/mol. The van der Waals surface area contributed by atoms with Crippen LogP contribution in [0.2, 0.25) is 0 Å².